The summed E-state index contributed by atoms with van der Waals surface area (Å²) in [7, 11) is 1.49. The van der Waals surface area contributed by atoms with E-state index >= 15 is 0 Å². The summed E-state index contributed by atoms with van der Waals surface area (Å²) in [6, 6.07) is 8.45. The van der Waals surface area contributed by atoms with Crippen LogP contribution >= 0.6 is 11.3 Å². The first-order valence-corrected chi connectivity index (χ1v) is 8.87. The number of rotatable bonds is 6. The highest BCUT2D eigenvalue weighted by molar-refractivity contribution is 7.10. The van der Waals surface area contributed by atoms with E-state index in [-0.39, 0.29) is 24.2 Å². The third-order valence-corrected chi connectivity index (χ3v) is 5.24. The molecule has 1 atom stereocenters. The molecule has 2 aromatic rings. The van der Waals surface area contributed by atoms with Crippen LogP contribution in [-0.4, -0.2) is 35.9 Å². The van der Waals surface area contributed by atoms with Gasteiger partial charge in [-0.25, -0.2) is 0 Å². The zero-order valence-corrected chi connectivity index (χ0v) is 14.6. The van der Waals surface area contributed by atoms with Gasteiger partial charge in [-0.15, -0.1) is 11.3 Å². The van der Waals surface area contributed by atoms with Crippen LogP contribution < -0.4 is 10.1 Å². The van der Waals surface area contributed by atoms with Crippen LogP contribution in [0.2, 0.25) is 0 Å². The van der Waals surface area contributed by atoms with Gasteiger partial charge in [-0.1, -0.05) is 6.07 Å². The van der Waals surface area contributed by atoms with Crippen molar-refractivity contribution in [3.05, 3.63) is 50.7 Å². The van der Waals surface area contributed by atoms with Gasteiger partial charge < -0.3 is 15.0 Å². The molecule has 1 aliphatic rings. The molecule has 0 saturated carbocycles. The van der Waals surface area contributed by atoms with E-state index in [1.807, 2.05) is 16.3 Å². The van der Waals surface area contributed by atoms with Gasteiger partial charge in [0.15, 0.2) is 0 Å². The van der Waals surface area contributed by atoms with Crippen LogP contribution in [0.5, 0.6) is 5.75 Å². The lowest BCUT2D eigenvalue weighted by molar-refractivity contribution is -0.384. The van der Waals surface area contributed by atoms with Crippen LogP contribution in [0.3, 0.4) is 0 Å². The molecule has 2 heterocycles. The van der Waals surface area contributed by atoms with E-state index in [4.69, 9.17) is 4.74 Å². The van der Waals surface area contributed by atoms with Crippen molar-refractivity contribution in [2.45, 2.75) is 18.9 Å². The Balaban J connectivity index is 1.70. The second-order valence-corrected chi connectivity index (χ2v) is 6.74. The molecule has 0 spiro atoms. The molecule has 0 bridgehead atoms. The third-order valence-electron chi connectivity index (χ3n) is 4.27. The van der Waals surface area contributed by atoms with Gasteiger partial charge in [0.05, 0.1) is 30.3 Å². The predicted octanol–water partition coefficient (Wildman–Crippen LogP) is 3.44. The standard InChI is InChI=1S/C17H19N3O4S/c1-24-15-7-6-12(20(22)23)10-13(15)18-11-17(21)19-8-2-4-14(19)16-5-3-9-25-16/h3,5-7,9-10,14,18H,2,4,8,11H2,1H3/t14-/m0/s1. The molecule has 132 valence electrons. The van der Waals surface area contributed by atoms with Crippen molar-refractivity contribution in [3.8, 4) is 5.75 Å². The summed E-state index contributed by atoms with van der Waals surface area (Å²) in [5.74, 6) is 0.444. The van der Waals surface area contributed by atoms with E-state index in [1.54, 1.807) is 11.3 Å². The molecule has 3 rings (SSSR count). The van der Waals surface area contributed by atoms with Gasteiger partial charge in [-0.2, -0.15) is 0 Å². The minimum atomic E-state index is -0.472. The monoisotopic (exact) mass is 361 g/mol. The predicted molar refractivity (Wildman–Crippen MR) is 96.1 cm³/mol. The Hall–Kier alpha value is -2.61. The Morgan fingerprint density at radius 3 is 3.00 bits per heavy atom. The molecule has 1 N–H and O–H groups in total. The number of non-ortho nitro benzene ring substituents is 1. The zero-order valence-electron chi connectivity index (χ0n) is 13.8. The van der Waals surface area contributed by atoms with Crippen molar-refractivity contribution in [1.82, 2.24) is 4.90 Å². The van der Waals surface area contributed by atoms with Gasteiger partial charge in [0, 0.05) is 23.6 Å². The molecular formula is C17H19N3O4S. The number of carbonyl (C=O) groups is 1. The second-order valence-electron chi connectivity index (χ2n) is 5.76. The van der Waals surface area contributed by atoms with Crippen molar-refractivity contribution in [3.63, 3.8) is 0 Å². The number of methoxy groups -OCH3 is 1. The fraction of sp³-hybridized carbons (Fsp3) is 0.353. The van der Waals surface area contributed by atoms with Gasteiger partial charge in [0.25, 0.3) is 5.69 Å². The quantitative estimate of drug-likeness (QED) is 0.629. The number of hydrogen-bond acceptors (Lipinski definition) is 6. The molecule has 1 saturated heterocycles. The number of likely N-dealkylation sites (tertiary alicyclic amines) is 1. The molecule has 1 aromatic carbocycles. The molecule has 7 nitrogen and oxygen atoms in total. The molecule has 0 unspecified atom stereocenters. The maximum Gasteiger partial charge on any atom is 0.271 e. The number of nitro benzene ring substituents is 1. The summed E-state index contributed by atoms with van der Waals surface area (Å²) < 4.78 is 5.21. The number of carbonyl (C=O) groups excluding carboxylic acids is 1. The van der Waals surface area contributed by atoms with E-state index in [0.717, 1.165) is 19.4 Å². The Kier molecular flexibility index (Phi) is 5.18. The molecule has 25 heavy (non-hydrogen) atoms. The minimum Gasteiger partial charge on any atom is -0.495 e. The number of benzene rings is 1. The van der Waals surface area contributed by atoms with Crippen molar-refractivity contribution >= 4 is 28.6 Å². The van der Waals surface area contributed by atoms with Crippen molar-refractivity contribution in [2.75, 3.05) is 25.5 Å². The Bertz CT molecular complexity index is 763. The van der Waals surface area contributed by atoms with Crippen LogP contribution in [0.1, 0.15) is 23.8 Å². The zero-order chi connectivity index (χ0) is 17.8. The van der Waals surface area contributed by atoms with Crippen LogP contribution in [0.4, 0.5) is 11.4 Å². The topological polar surface area (TPSA) is 84.7 Å². The number of amides is 1. The first-order chi connectivity index (χ1) is 12.1. The molecule has 1 aromatic heterocycles. The highest BCUT2D eigenvalue weighted by Gasteiger charge is 2.30. The highest BCUT2D eigenvalue weighted by Crippen LogP contribution is 2.35. The van der Waals surface area contributed by atoms with E-state index in [9.17, 15) is 14.9 Å². The first kappa shape index (κ1) is 17.2. The summed E-state index contributed by atoms with van der Waals surface area (Å²) >= 11 is 1.66. The highest BCUT2D eigenvalue weighted by atomic mass is 32.1. The van der Waals surface area contributed by atoms with Crippen molar-refractivity contribution in [2.24, 2.45) is 0 Å². The number of nitrogens with one attached hydrogen (secondary N) is 1. The van der Waals surface area contributed by atoms with Gasteiger partial charge in [0.1, 0.15) is 5.75 Å². The summed E-state index contributed by atoms with van der Waals surface area (Å²) in [6.45, 7) is 0.800. The Morgan fingerprint density at radius 2 is 2.32 bits per heavy atom. The average Bonchev–Trinajstić information content (AvgIpc) is 3.29. The fourth-order valence-electron chi connectivity index (χ4n) is 3.06. The van der Waals surface area contributed by atoms with E-state index in [2.05, 4.69) is 11.4 Å². The average molecular weight is 361 g/mol. The fourth-order valence-corrected chi connectivity index (χ4v) is 3.94. The van der Waals surface area contributed by atoms with Gasteiger partial charge in [-0.3, -0.25) is 14.9 Å². The number of nitrogens with zero attached hydrogens (tertiary/aromatic N) is 2. The SMILES string of the molecule is COc1ccc([N+](=O)[O-])cc1NCC(=O)N1CCC[C@H]1c1cccs1. The van der Waals surface area contributed by atoms with Crippen LogP contribution in [0.15, 0.2) is 35.7 Å². The number of hydrogen-bond donors (Lipinski definition) is 1. The van der Waals surface area contributed by atoms with Gasteiger partial charge >= 0.3 is 0 Å². The van der Waals surface area contributed by atoms with Crippen LogP contribution in [0.25, 0.3) is 0 Å². The summed E-state index contributed by atoms with van der Waals surface area (Å²) in [5.41, 5.74) is 0.394. The minimum absolute atomic E-state index is 0.0236. The normalized spacial score (nSPS) is 16.7. The molecule has 1 fully saturated rings. The second kappa shape index (κ2) is 7.52. The molecule has 1 aliphatic heterocycles. The number of anilines is 1. The summed E-state index contributed by atoms with van der Waals surface area (Å²) in [6.07, 6.45) is 1.95. The molecule has 0 radical (unpaired) electrons. The van der Waals surface area contributed by atoms with Crippen molar-refractivity contribution < 1.29 is 14.5 Å². The summed E-state index contributed by atoms with van der Waals surface area (Å²) in [5, 5.41) is 15.9. The summed E-state index contributed by atoms with van der Waals surface area (Å²) in [4.78, 5) is 26.2. The van der Waals surface area contributed by atoms with E-state index in [1.165, 1.54) is 30.2 Å². The maximum absolute atomic E-state index is 12.6. The molecule has 8 heteroatoms. The van der Waals surface area contributed by atoms with E-state index < -0.39 is 4.92 Å². The molecule has 1 amide bonds. The largest absolute Gasteiger partial charge is 0.495 e. The number of thiophene rings is 1. The van der Waals surface area contributed by atoms with Gasteiger partial charge in [0.2, 0.25) is 5.91 Å². The smallest absolute Gasteiger partial charge is 0.271 e. The molecular weight excluding hydrogens is 342 g/mol. The van der Waals surface area contributed by atoms with Crippen molar-refractivity contribution in [1.29, 1.82) is 0 Å². The molecule has 0 aliphatic carbocycles. The number of ether oxygens (including phenoxy) is 1. The number of nitro groups is 1. The Morgan fingerprint density at radius 1 is 1.48 bits per heavy atom. The van der Waals surface area contributed by atoms with Crippen LogP contribution in [0, 0.1) is 10.1 Å². The maximum atomic E-state index is 12.6. The lowest BCUT2D eigenvalue weighted by Crippen LogP contribution is -2.34. The first-order valence-electron chi connectivity index (χ1n) is 7.99. The Labute approximate surface area is 149 Å². The van der Waals surface area contributed by atoms with E-state index in [0.29, 0.717) is 11.4 Å². The lowest BCUT2D eigenvalue weighted by Gasteiger charge is -2.24. The lowest BCUT2D eigenvalue weighted by atomic mass is 10.2. The van der Waals surface area contributed by atoms with Gasteiger partial charge in [-0.05, 0) is 30.4 Å². The van der Waals surface area contributed by atoms with Crippen LogP contribution in [-0.2, 0) is 4.79 Å². The third kappa shape index (κ3) is 3.74.